The second-order valence-corrected chi connectivity index (χ2v) is 4.71. The number of ether oxygens (including phenoxy) is 1. The Hall–Kier alpha value is -2.68. The fraction of sp³-hybridized carbons (Fsp3) is 0.200. The molecule has 2 aromatic rings. The molecular formula is C15H12F4N2O3. The van der Waals surface area contributed by atoms with Gasteiger partial charge in [-0.05, 0) is 18.2 Å². The number of hydrogen-bond donors (Lipinski definition) is 2. The quantitative estimate of drug-likeness (QED) is 0.818. The highest BCUT2D eigenvalue weighted by atomic mass is 19.4. The Morgan fingerprint density at radius 1 is 1.25 bits per heavy atom. The van der Waals surface area contributed by atoms with Gasteiger partial charge < -0.3 is 15.2 Å². The van der Waals surface area contributed by atoms with Gasteiger partial charge in [-0.15, -0.1) is 0 Å². The van der Waals surface area contributed by atoms with E-state index in [1.807, 2.05) is 0 Å². The molecule has 1 amide bonds. The molecule has 1 aromatic carbocycles. The van der Waals surface area contributed by atoms with E-state index in [-0.39, 0.29) is 22.7 Å². The van der Waals surface area contributed by atoms with Crippen molar-refractivity contribution in [2.45, 2.75) is 12.8 Å². The second-order valence-electron chi connectivity index (χ2n) is 4.71. The van der Waals surface area contributed by atoms with Gasteiger partial charge in [-0.2, -0.15) is 13.2 Å². The SMILES string of the molecule is O=C(Nc1ccc(OCC(F)(F)F)nc1)c1ccc(CO)c(F)c1. The number of aromatic nitrogens is 1. The number of anilines is 1. The number of nitrogens with zero attached hydrogens (tertiary/aromatic N) is 1. The molecule has 0 aliphatic heterocycles. The topological polar surface area (TPSA) is 71.5 Å². The van der Waals surface area contributed by atoms with Gasteiger partial charge in [0.15, 0.2) is 6.61 Å². The third kappa shape index (κ3) is 4.92. The van der Waals surface area contributed by atoms with Crippen molar-refractivity contribution in [2.75, 3.05) is 11.9 Å². The Morgan fingerprint density at radius 3 is 2.54 bits per heavy atom. The van der Waals surface area contributed by atoms with Crippen molar-refractivity contribution in [1.29, 1.82) is 0 Å². The molecule has 2 N–H and O–H groups in total. The van der Waals surface area contributed by atoms with Crippen LogP contribution in [-0.2, 0) is 6.61 Å². The summed E-state index contributed by atoms with van der Waals surface area (Å²) in [6.45, 7) is -1.96. The summed E-state index contributed by atoms with van der Waals surface area (Å²) < 4.78 is 54.0. The third-order valence-electron chi connectivity index (χ3n) is 2.86. The van der Waals surface area contributed by atoms with Gasteiger partial charge in [0, 0.05) is 17.2 Å². The van der Waals surface area contributed by atoms with Crippen LogP contribution in [0.3, 0.4) is 0 Å². The average Bonchev–Trinajstić information content (AvgIpc) is 2.53. The van der Waals surface area contributed by atoms with E-state index in [9.17, 15) is 22.4 Å². The molecule has 0 spiro atoms. The van der Waals surface area contributed by atoms with Crippen LogP contribution >= 0.6 is 0 Å². The first-order chi connectivity index (χ1) is 11.3. The lowest BCUT2D eigenvalue weighted by Crippen LogP contribution is -2.19. The number of alkyl halides is 3. The van der Waals surface area contributed by atoms with Crippen LogP contribution < -0.4 is 10.1 Å². The minimum Gasteiger partial charge on any atom is -0.468 e. The molecule has 0 aliphatic carbocycles. The highest BCUT2D eigenvalue weighted by molar-refractivity contribution is 6.04. The lowest BCUT2D eigenvalue weighted by Gasteiger charge is -2.09. The van der Waals surface area contributed by atoms with E-state index >= 15 is 0 Å². The number of aliphatic hydroxyl groups is 1. The van der Waals surface area contributed by atoms with Gasteiger partial charge in [0.05, 0.1) is 18.5 Å². The van der Waals surface area contributed by atoms with Crippen LogP contribution in [0.15, 0.2) is 36.5 Å². The van der Waals surface area contributed by atoms with E-state index < -0.39 is 31.1 Å². The predicted octanol–water partition coefficient (Wildman–Crippen LogP) is 2.91. The summed E-state index contributed by atoms with van der Waals surface area (Å²) in [6.07, 6.45) is -3.36. The summed E-state index contributed by atoms with van der Waals surface area (Å²) in [5.41, 5.74) is 0.271. The Bertz CT molecular complexity index is 718. The Labute approximate surface area is 133 Å². The molecule has 5 nitrogen and oxygen atoms in total. The Balaban J connectivity index is 2.00. The normalized spacial score (nSPS) is 11.2. The van der Waals surface area contributed by atoms with Gasteiger partial charge in [-0.1, -0.05) is 6.07 Å². The highest BCUT2D eigenvalue weighted by Crippen LogP contribution is 2.18. The van der Waals surface area contributed by atoms with Crippen molar-refractivity contribution < 1.29 is 32.2 Å². The highest BCUT2D eigenvalue weighted by Gasteiger charge is 2.28. The zero-order valence-corrected chi connectivity index (χ0v) is 12.1. The fourth-order valence-electron chi connectivity index (χ4n) is 1.72. The second kappa shape index (κ2) is 7.26. The van der Waals surface area contributed by atoms with E-state index in [4.69, 9.17) is 5.11 Å². The number of nitrogens with one attached hydrogen (secondary N) is 1. The summed E-state index contributed by atoms with van der Waals surface area (Å²) >= 11 is 0. The average molecular weight is 344 g/mol. The smallest absolute Gasteiger partial charge is 0.422 e. The standard InChI is InChI=1S/C15H12F4N2O3/c16-12-5-9(1-2-10(12)7-22)14(23)21-11-3-4-13(20-6-11)24-8-15(17,18)19/h1-6,22H,7-8H2,(H,21,23). The molecule has 1 aromatic heterocycles. The first-order valence-electron chi connectivity index (χ1n) is 6.65. The van der Waals surface area contributed by atoms with E-state index in [1.54, 1.807) is 0 Å². The van der Waals surface area contributed by atoms with Gasteiger partial charge in [0.25, 0.3) is 5.91 Å². The molecule has 0 bridgehead atoms. The molecule has 0 saturated carbocycles. The first kappa shape index (κ1) is 17.7. The number of rotatable bonds is 5. The van der Waals surface area contributed by atoms with Gasteiger partial charge in [-0.25, -0.2) is 9.37 Å². The maximum atomic E-state index is 13.5. The largest absolute Gasteiger partial charge is 0.468 e. The molecule has 1 heterocycles. The van der Waals surface area contributed by atoms with E-state index in [0.717, 1.165) is 18.3 Å². The van der Waals surface area contributed by atoms with E-state index in [2.05, 4.69) is 15.0 Å². The molecule has 0 unspecified atom stereocenters. The number of amides is 1. The van der Waals surface area contributed by atoms with Crippen LogP contribution in [0.2, 0.25) is 0 Å². The summed E-state index contributed by atoms with van der Waals surface area (Å²) in [5.74, 6) is -1.60. The van der Waals surface area contributed by atoms with Crippen molar-refractivity contribution in [2.24, 2.45) is 0 Å². The van der Waals surface area contributed by atoms with Gasteiger partial charge >= 0.3 is 6.18 Å². The number of halogens is 4. The number of benzene rings is 1. The monoisotopic (exact) mass is 344 g/mol. The predicted molar refractivity (Wildman–Crippen MR) is 76.1 cm³/mol. The van der Waals surface area contributed by atoms with Crippen LogP contribution in [0, 0.1) is 5.82 Å². The van der Waals surface area contributed by atoms with Crippen LogP contribution in [0.4, 0.5) is 23.2 Å². The molecule has 0 radical (unpaired) electrons. The molecule has 0 atom stereocenters. The molecule has 9 heteroatoms. The van der Waals surface area contributed by atoms with Crippen LogP contribution in [-0.4, -0.2) is 28.8 Å². The minimum atomic E-state index is -4.47. The molecule has 0 saturated heterocycles. The fourth-order valence-corrected chi connectivity index (χ4v) is 1.72. The van der Waals surface area contributed by atoms with Crippen molar-refractivity contribution in [1.82, 2.24) is 4.98 Å². The maximum Gasteiger partial charge on any atom is 0.422 e. The maximum absolute atomic E-state index is 13.5. The molecule has 0 fully saturated rings. The van der Waals surface area contributed by atoms with Crippen LogP contribution in [0.25, 0.3) is 0 Å². The lowest BCUT2D eigenvalue weighted by molar-refractivity contribution is -0.154. The van der Waals surface area contributed by atoms with Crippen LogP contribution in [0.5, 0.6) is 5.88 Å². The number of aliphatic hydroxyl groups excluding tert-OH is 1. The van der Waals surface area contributed by atoms with E-state index in [1.165, 1.54) is 18.2 Å². The van der Waals surface area contributed by atoms with Crippen molar-refractivity contribution in [3.8, 4) is 5.88 Å². The number of pyridine rings is 1. The summed E-state index contributed by atoms with van der Waals surface area (Å²) in [6, 6.07) is 6.04. The van der Waals surface area contributed by atoms with E-state index in [0.29, 0.717) is 0 Å². The number of carbonyl (C=O) groups excluding carboxylic acids is 1. The number of hydrogen-bond acceptors (Lipinski definition) is 4. The molecule has 2 rings (SSSR count). The number of carbonyl (C=O) groups is 1. The Kier molecular flexibility index (Phi) is 5.35. The van der Waals surface area contributed by atoms with Crippen molar-refractivity contribution in [3.05, 3.63) is 53.5 Å². The Morgan fingerprint density at radius 2 is 2.00 bits per heavy atom. The molecule has 0 aliphatic rings. The molecule has 24 heavy (non-hydrogen) atoms. The minimum absolute atomic E-state index is 0.0158. The third-order valence-corrected chi connectivity index (χ3v) is 2.86. The van der Waals surface area contributed by atoms with Gasteiger partial charge in [-0.3, -0.25) is 4.79 Å². The summed E-state index contributed by atoms with van der Waals surface area (Å²) in [5, 5.41) is 11.3. The molecular weight excluding hydrogens is 332 g/mol. The first-order valence-corrected chi connectivity index (χ1v) is 6.65. The lowest BCUT2D eigenvalue weighted by atomic mass is 10.1. The zero-order chi connectivity index (χ0) is 17.7. The van der Waals surface area contributed by atoms with Gasteiger partial charge in [0.1, 0.15) is 5.82 Å². The van der Waals surface area contributed by atoms with Gasteiger partial charge in [0.2, 0.25) is 5.88 Å². The van der Waals surface area contributed by atoms with Crippen molar-refractivity contribution in [3.63, 3.8) is 0 Å². The van der Waals surface area contributed by atoms with Crippen molar-refractivity contribution >= 4 is 11.6 Å². The van der Waals surface area contributed by atoms with Crippen LogP contribution in [0.1, 0.15) is 15.9 Å². The summed E-state index contributed by atoms with van der Waals surface area (Å²) in [4.78, 5) is 15.6. The zero-order valence-electron chi connectivity index (χ0n) is 12.1. The molecule has 128 valence electrons. The summed E-state index contributed by atoms with van der Waals surface area (Å²) in [7, 11) is 0.